The third-order valence-corrected chi connectivity index (χ3v) is 7.39. The van der Waals surface area contributed by atoms with Crippen LogP contribution in [0.5, 0.6) is 0 Å². The van der Waals surface area contributed by atoms with Gasteiger partial charge in [0.1, 0.15) is 5.84 Å². The molecule has 5 rings (SSSR count). The van der Waals surface area contributed by atoms with Crippen molar-refractivity contribution in [2.45, 2.75) is 39.5 Å². The van der Waals surface area contributed by atoms with E-state index in [0.29, 0.717) is 11.4 Å². The molecule has 214 valence electrons. The molecule has 2 aromatic heterocycles. The fourth-order valence-corrected chi connectivity index (χ4v) is 4.83. The Morgan fingerprint density at radius 3 is 2.40 bits per heavy atom. The minimum atomic E-state index is -0.147. The van der Waals surface area contributed by atoms with Gasteiger partial charge in [0.05, 0.1) is 5.69 Å². The molecule has 3 aromatic carbocycles. The van der Waals surface area contributed by atoms with E-state index in [0.717, 1.165) is 51.7 Å². The summed E-state index contributed by atoms with van der Waals surface area (Å²) in [5, 5.41) is 9.66. The predicted molar refractivity (Wildman–Crippen MR) is 172 cm³/mol. The van der Waals surface area contributed by atoms with E-state index in [2.05, 4.69) is 58.8 Å². The first-order valence-corrected chi connectivity index (χ1v) is 14.0. The van der Waals surface area contributed by atoms with Crippen LogP contribution < -0.4 is 16.0 Å². The second kappa shape index (κ2) is 11.9. The molecule has 0 fully saturated rings. The van der Waals surface area contributed by atoms with Gasteiger partial charge in [-0.1, -0.05) is 57.2 Å². The smallest absolute Gasteiger partial charge is 0.255 e. The molecule has 0 atom stereocenters. The van der Waals surface area contributed by atoms with Gasteiger partial charge in [-0.05, 0) is 59.4 Å². The number of hydrogen-bond donors (Lipinski definition) is 3. The topological polar surface area (TPSA) is 95.7 Å². The Hall–Kier alpha value is -4.98. The molecular formula is C34H37N7O. The lowest BCUT2D eigenvalue weighted by atomic mass is 9.86. The summed E-state index contributed by atoms with van der Waals surface area (Å²) in [6.45, 7) is 8.48. The fraction of sp³-hybridized carbons (Fsp3) is 0.235. The van der Waals surface area contributed by atoms with Crippen molar-refractivity contribution < 1.29 is 4.79 Å². The maximum atomic E-state index is 13.1. The molecule has 0 bridgehead atoms. The van der Waals surface area contributed by atoms with Crippen LogP contribution >= 0.6 is 0 Å². The quantitative estimate of drug-likeness (QED) is 0.151. The lowest BCUT2D eigenvalue weighted by Gasteiger charge is -2.19. The van der Waals surface area contributed by atoms with Gasteiger partial charge in [-0.25, -0.2) is 9.97 Å². The van der Waals surface area contributed by atoms with Crippen molar-refractivity contribution in [3.05, 3.63) is 108 Å². The molecule has 1 amide bonds. The maximum absolute atomic E-state index is 13.1. The standard InChI is InChI=1S/C34H37N7O/c1-22-27(8-7-9-28(22)40-33(42)24-12-14-25(15-13-24)34(2,3)4)29-21-41-19-18-37-32(41)31(39-29)38-26-16-10-23(11-17-26)20-30(35-5)36-6/h7-19,21H,20H2,1-6H3,(H,35,36)(H,38,39)(H,40,42). The van der Waals surface area contributed by atoms with Crippen LogP contribution in [0.1, 0.15) is 47.8 Å². The summed E-state index contributed by atoms with van der Waals surface area (Å²) in [5.74, 6) is 1.42. The van der Waals surface area contributed by atoms with E-state index < -0.39 is 0 Å². The lowest BCUT2D eigenvalue weighted by molar-refractivity contribution is 0.102. The van der Waals surface area contributed by atoms with Crippen molar-refractivity contribution in [2.75, 3.05) is 24.7 Å². The zero-order valence-electron chi connectivity index (χ0n) is 25.0. The second-order valence-electron chi connectivity index (χ2n) is 11.3. The average Bonchev–Trinajstić information content (AvgIpc) is 3.46. The van der Waals surface area contributed by atoms with Gasteiger partial charge in [0, 0.05) is 61.6 Å². The van der Waals surface area contributed by atoms with Gasteiger partial charge in [0.25, 0.3) is 5.91 Å². The highest BCUT2D eigenvalue weighted by Gasteiger charge is 2.17. The van der Waals surface area contributed by atoms with Crippen LogP contribution in [0, 0.1) is 6.92 Å². The summed E-state index contributed by atoms with van der Waals surface area (Å²) >= 11 is 0. The van der Waals surface area contributed by atoms with Crippen molar-refractivity contribution in [2.24, 2.45) is 4.99 Å². The Kier molecular flexibility index (Phi) is 8.06. The number of rotatable bonds is 7. The number of aromatic nitrogens is 3. The third-order valence-electron chi connectivity index (χ3n) is 7.39. The van der Waals surface area contributed by atoms with E-state index in [9.17, 15) is 4.79 Å². The number of imidazole rings is 1. The zero-order chi connectivity index (χ0) is 29.9. The maximum Gasteiger partial charge on any atom is 0.255 e. The number of fused-ring (bicyclic) bond motifs is 1. The number of likely N-dealkylation sites (N-methyl/N-ethyl adjacent to an activating group) is 1. The number of nitrogens with one attached hydrogen (secondary N) is 3. The van der Waals surface area contributed by atoms with Crippen LogP contribution in [0.4, 0.5) is 17.2 Å². The molecule has 8 nitrogen and oxygen atoms in total. The summed E-state index contributed by atoms with van der Waals surface area (Å²) in [4.78, 5) is 26.9. The number of benzene rings is 3. The zero-order valence-corrected chi connectivity index (χ0v) is 25.0. The highest BCUT2D eigenvalue weighted by molar-refractivity contribution is 6.05. The molecule has 5 aromatic rings. The second-order valence-corrected chi connectivity index (χ2v) is 11.3. The Balaban J connectivity index is 1.41. The van der Waals surface area contributed by atoms with Gasteiger partial charge in [-0.2, -0.15) is 0 Å². The van der Waals surface area contributed by atoms with Gasteiger partial charge in [-0.15, -0.1) is 0 Å². The van der Waals surface area contributed by atoms with Gasteiger partial charge in [0.2, 0.25) is 0 Å². The fourth-order valence-electron chi connectivity index (χ4n) is 4.83. The van der Waals surface area contributed by atoms with Crippen LogP contribution in [0.2, 0.25) is 0 Å². The van der Waals surface area contributed by atoms with Crippen LogP contribution in [-0.2, 0) is 11.8 Å². The van der Waals surface area contributed by atoms with Crippen molar-refractivity contribution in [3.63, 3.8) is 0 Å². The Morgan fingerprint density at radius 1 is 1.00 bits per heavy atom. The highest BCUT2D eigenvalue weighted by atomic mass is 16.1. The van der Waals surface area contributed by atoms with Gasteiger partial charge in [0.15, 0.2) is 11.5 Å². The van der Waals surface area contributed by atoms with E-state index in [1.807, 2.05) is 85.4 Å². The molecule has 3 N–H and O–H groups in total. The minimum Gasteiger partial charge on any atom is -0.377 e. The van der Waals surface area contributed by atoms with E-state index in [-0.39, 0.29) is 11.3 Å². The number of amides is 1. The Bertz CT molecular complexity index is 1740. The van der Waals surface area contributed by atoms with Crippen molar-refractivity contribution in [1.82, 2.24) is 19.7 Å². The van der Waals surface area contributed by atoms with E-state index in [1.165, 1.54) is 5.56 Å². The average molecular weight is 560 g/mol. The molecule has 0 aliphatic rings. The van der Waals surface area contributed by atoms with Crippen LogP contribution in [0.15, 0.2) is 90.3 Å². The van der Waals surface area contributed by atoms with Gasteiger partial charge >= 0.3 is 0 Å². The minimum absolute atomic E-state index is 0.0286. The van der Waals surface area contributed by atoms with E-state index in [1.54, 1.807) is 13.2 Å². The summed E-state index contributed by atoms with van der Waals surface area (Å²) in [6.07, 6.45) is 6.35. The van der Waals surface area contributed by atoms with Crippen molar-refractivity contribution in [1.29, 1.82) is 0 Å². The summed E-state index contributed by atoms with van der Waals surface area (Å²) in [6, 6.07) is 21.9. The van der Waals surface area contributed by atoms with E-state index in [4.69, 9.17) is 4.98 Å². The first-order valence-electron chi connectivity index (χ1n) is 14.0. The molecule has 0 spiro atoms. The summed E-state index contributed by atoms with van der Waals surface area (Å²) in [7, 11) is 3.66. The molecule has 8 heteroatoms. The molecule has 0 saturated heterocycles. The summed E-state index contributed by atoms with van der Waals surface area (Å²) < 4.78 is 1.96. The Morgan fingerprint density at radius 2 is 1.74 bits per heavy atom. The number of nitrogens with zero attached hydrogens (tertiary/aromatic N) is 4. The normalized spacial score (nSPS) is 11.9. The molecule has 0 aliphatic heterocycles. The van der Waals surface area contributed by atoms with Crippen LogP contribution in [0.3, 0.4) is 0 Å². The first kappa shape index (κ1) is 28.5. The van der Waals surface area contributed by atoms with Crippen molar-refractivity contribution >= 4 is 34.6 Å². The number of amidine groups is 1. The third kappa shape index (κ3) is 6.17. The van der Waals surface area contributed by atoms with Gasteiger partial charge in [-0.3, -0.25) is 9.79 Å². The first-order chi connectivity index (χ1) is 20.2. The molecule has 42 heavy (non-hydrogen) atoms. The SMILES string of the molecule is C/N=C(/Cc1ccc(Nc2nc(-c3cccc(NC(=O)c4ccc(C(C)(C)C)cc4)c3C)cn3ccnc23)cc1)NC. The highest BCUT2D eigenvalue weighted by Crippen LogP contribution is 2.31. The number of carbonyl (C=O) groups is 1. The molecule has 2 heterocycles. The summed E-state index contributed by atoms with van der Waals surface area (Å²) in [5.41, 5.74) is 7.97. The largest absolute Gasteiger partial charge is 0.377 e. The number of aliphatic imine (C=N–C) groups is 1. The lowest BCUT2D eigenvalue weighted by Crippen LogP contribution is -2.20. The number of carbonyl (C=O) groups excluding carboxylic acids is 1. The van der Waals surface area contributed by atoms with Crippen molar-refractivity contribution in [3.8, 4) is 11.3 Å². The van der Waals surface area contributed by atoms with E-state index >= 15 is 0 Å². The van der Waals surface area contributed by atoms with Crippen LogP contribution in [0.25, 0.3) is 16.9 Å². The number of hydrogen-bond acceptors (Lipinski definition) is 5. The molecule has 0 aliphatic carbocycles. The molecular weight excluding hydrogens is 522 g/mol. The molecule has 0 unspecified atom stereocenters. The Labute approximate surface area is 247 Å². The predicted octanol–water partition coefficient (Wildman–Crippen LogP) is 6.79. The van der Waals surface area contributed by atoms with Gasteiger partial charge < -0.3 is 20.4 Å². The number of anilines is 3. The monoisotopic (exact) mass is 559 g/mol. The molecule has 0 radical (unpaired) electrons. The molecule has 0 saturated carbocycles. The van der Waals surface area contributed by atoms with Crippen LogP contribution in [-0.4, -0.2) is 40.2 Å².